The van der Waals surface area contributed by atoms with E-state index in [1.165, 1.54) is 11.1 Å². The van der Waals surface area contributed by atoms with Crippen LogP contribution in [0, 0.1) is 17.8 Å². The summed E-state index contributed by atoms with van der Waals surface area (Å²) in [6.45, 7) is 12.0. The molecule has 1 atom stereocenters. The van der Waals surface area contributed by atoms with Gasteiger partial charge in [-0.3, -0.25) is 0 Å². The van der Waals surface area contributed by atoms with E-state index >= 15 is 0 Å². The number of hydrogen-bond donors (Lipinski definition) is 0. The maximum atomic E-state index is 6.12. The highest BCUT2D eigenvalue weighted by molar-refractivity contribution is 6.74. The van der Waals surface area contributed by atoms with Gasteiger partial charge in [0, 0.05) is 0 Å². The van der Waals surface area contributed by atoms with Crippen molar-refractivity contribution in [3.63, 3.8) is 0 Å². The number of allylic oxidation sites excluding steroid dienone is 4. The highest BCUT2D eigenvalue weighted by Gasteiger charge is 2.36. The molecule has 1 nitrogen and oxygen atoms in total. The lowest BCUT2D eigenvalue weighted by Crippen LogP contribution is -2.40. The van der Waals surface area contributed by atoms with Gasteiger partial charge in [-0.1, -0.05) is 87.2 Å². The SMILES string of the molecule is CC(C)(C)[Si](C)(C)OC/C=C/C#CC1=CC(/C=C\c2ccccc2)CC1. The predicted octanol–water partition coefficient (Wildman–Crippen LogP) is 6.62. The Hall–Kier alpha value is -1.82. The molecule has 0 fully saturated rings. The van der Waals surface area contributed by atoms with Crippen LogP contribution in [-0.2, 0) is 4.43 Å². The van der Waals surface area contributed by atoms with Gasteiger partial charge in [0.15, 0.2) is 8.32 Å². The molecule has 0 bridgehead atoms. The molecule has 2 heteroatoms. The van der Waals surface area contributed by atoms with Crippen LogP contribution in [-0.4, -0.2) is 14.9 Å². The molecule has 0 amide bonds. The smallest absolute Gasteiger partial charge is 0.192 e. The van der Waals surface area contributed by atoms with Crippen LogP contribution in [0.15, 0.2) is 60.2 Å². The zero-order chi connectivity index (χ0) is 19.0. The molecule has 26 heavy (non-hydrogen) atoms. The minimum Gasteiger partial charge on any atom is -0.413 e. The molecular formula is C24H32OSi. The Kier molecular flexibility index (Phi) is 7.26. The van der Waals surface area contributed by atoms with Crippen LogP contribution >= 0.6 is 0 Å². The van der Waals surface area contributed by atoms with Crippen LogP contribution in [0.1, 0.15) is 39.2 Å². The summed E-state index contributed by atoms with van der Waals surface area (Å²) >= 11 is 0. The largest absolute Gasteiger partial charge is 0.413 e. The molecule has 0 aliphatic heterocycles. The van der Waals surface area contributed by atoms with E-state index in [0.717, 1.165) is 12.8 Å². The van der Waals surface area contributed by atoms with E-state index in [1.807, 2.05) is 18.2 Å². The van der Waals surface area contributed by atoms with Crippen LogP contribution in [0.25, 0.3) is 6.08 Å². The van der Waals surface area contributed by atoms with Crippen molar-refractivity contribution >= 4 is 14.4 Å². The van der Waals surface area contributed by atoms with E-state index in [-0.39, 0.29) is 5.04 Å². The molecule has 1 aromatic carbocycles. The molecular weight excluding hydrogens is 332 g/mol. The van der Waals surface area contributed by atoms with E-state index in [9.17, 15) is 0 Å². The highest BCUT2D eigenvalue weighted by atomic mass is 28.4. The Morgan fingerprint density at radius 3 is 2.62 bits per heavy atom. The Balaban J connectivity index is 1.80. The molecule has 0 saturated heterocycles. The van der Waals surface area contributed by atoms with Crippen molar-refractivity contribution in [2.45, 2.75) is 51.7 Å². The van der Waals surface area contributed by atoms with E-state index in [0.29, 0.717) is 12.5 Å². The minimum absolute atomic E-state index is 0.253. The molecule has 1 aliphatic rings. The molecule has 0 heterocycles. The molecule has 0 saturated carbocycles. The third kappa shape index (κ3) is 6.48. The van der Waals surface area contributed by atoms with E-state index in [2.05, 4.69) is 88.2 Å². The summed E-state index contributed by atoms with van der Waals surface area (Å²) in [6, 6.07) is 10.5. The van der Waals surface area contributed by atoms with E-state index < -0.39 is 8.32 Å². The minimum atomic E-state index is -1.66. The number of benzene rings is 1. The summed E-state index contributed by atoms with van der Waals surface area (Å²) < 4.78 is 6.12. The second-order valence-corrected chi connectivity index (χ2v) is 13.2. The summed E-state index contributed by atoms with van der Waals surface area (Å²) in [5.41, 5.74) is 2.51. The van der Waals surface area contributed by atoms with Crippen LogP contribution < -0.4 is 0 Å². The van der Waals surface area contributed by atoms with Gasteiger partial charge in [0.05, 0.1) is 6.61 Å². The normalized spacial score (nSPS) is 18.2. The lowest BCUT2D eigenvalue weighted by Gasteiger charge is -2.35. The molecule has 1 unspecified atom stereocenters. The molecule has 0 N–H and O–H groups in total. The monoisotopic (exact) mass is 364 g/mol. The lowest BCUT2D eigenvalue weighted by molar-refractivity contribution is 0.328. The van der Waals surface area contributed by atoms with Gasteiger partial charge in [-0.2, -0.15) is 0 Å². The Morgan fingerprint density at radius 1 is 1.19 bits per heavy atom. The highest BCUT2D eigenvalue weighted by Crippen LogP contribution is 2.36. The fourth-order valence-corrected chi connectivity index (χ4v) is 3.46. The number of rotatable bonds is 5. The topological polar surface area (TPSA) is 9.23 Å². The first-order chi connectivity index (χ1) is 12.3. The second kappa shape index (κ2) is 9.21. The molecule has 2 rings (SSSR count). The zero-order valence-corrected chi connectivity index (χ0v) is 17.9. The maximum absolute atomic E-state index is 6.12. The zero-order valence-electron chi connectivity index (χ0n) is 16.9. The van der Waals surface area contributed by atoms with E-state index in [4.69, 9.17) is 4.43 Å². The van der Waals surface area contributed by atoms with Crippen molar-refractivity contribution in [2.75, 3.05) is 6.61 Å². The quantitative estimate of drug-likeness (QED) is 0.421. The molecule has 0 spiro atoms. The Morgan fingerprint density at radius 2 is 1.92 bits per heavy atom. The fourth-order valence-electron chi connectivity index (χ4n) is 2.52. The number of hydrogen-bond acceptors (Lipinski definition) is 1. The van der Waals surface area contributed by atoms with Gasteiger partial charge in [-0.05, 0) is 54.1 Å². The van der Waals surface area contributed by atoms with Crippen LogP contribution in [0.2, 0.25) is 18.1 Å². The lowest BCUT2D eigenvalue weighted by atomic mass is 10.1. The first-order valence-electron chi connectivity index (χ1n) is 9.52. The van der Waals surface area contributed by atoms with Crippen LogP contribution in [0.5, 0.6) is 0 Å². The van der Waals surface area contributed by atoms with Crippen molar-refractivity contribution in [3.8, 4) is 11.8 Å². The molecule has 0 aromatic heterocycles. The molecule has 1 aliphatic carbocycles. The van der Waals surface area contributed by atoms with Gasteiger partial charge >= 0.3 is 0 Å². The standard InChI is InChI=1S/C24H32OSi/c1-24(2,3)26(4,5)25-19-11-7-10-14-22-17-18-23(20-22)16-15-21-12-8-6-9-13-21/h6-9,11-13,15-16,20,23H,17-19H2,1-5H3/b11-7+,16-15-. The van der Waals surface area contributed by atoms with Crippen LogP contribution in [0.4, 0.5) is 0 Å². The Labute approximate surface area is 161 Å². The average molecular weight is 365 g/mol. The fraction of sp³-hybridized carbons (Fsp3) is 0.417. The van der Waals surface area contributed by atoms with Crippen molar-refractivity contribution in [3.05, 3.63) is 65.8 Å². The summed E-state index contributed by atoms with van der Waals surface area (Å²) in [4.78, 5) is 0. The molecule has 0 radical (unpaired) electrons. The first kappa shape index (κ1) is 20.5. The third-order valence-electron chi connectivity index (χ3n) is 5.28. The first-order valence-corrected chi connectivity index (χ1v) is 12.4. The van der Waals surface area contributed by atoms with Crippen molar-refractivity contribution < 1.29 is 4.43 Å². The van der Waals surface area contributed by atoms with Crippen molar-refractivity contribution in [2.24, 2.45) is 5.92 Å². The van der Waals surface area contributed by atoms with Gasteiger partial charge in [0.25, 0.3) is 0 Å². The van der Waals surface area contributed by atoms with Gasteiger partial charge in [0.2, 0.25) is 0 Å². The maximum Gasteiger partial charge on any atom is 0.192 e. The molecule has 1 aromatic rings. The van der Waals surface area contributed by atoms with Gasteiger partial charge < -0.3 is 4.43 Å². The summed E-state index contributed by atoms with van der Waals surface area (Å²) in [5.74, 6) is 6.95. The third-order valence-corrected chi connectivity index (χ3v) is 9.78. The van der Waals surface area contributed by atoms with Gasteiger partial charge in [-0.15, -0.1) is 0 Å². The average Bonchev–Trinajstić information content (AvgIpc) is 3.04. The summed E-state index contributed by atoms with van der Waals surface area (Å²) in [6.07, 6.45) is 13.0. The van der Waals surface area contributed by atoms with Crippen molar-refractivity contribution in [1.82, 2.24) is 0 Å². The van der Waals surface area contributed by atoms with Gasteiger partial charge in [0.1, 0.15) is 0 Å². The summed E-state index contributed by atoms with van der Waals surface area (Å²) in [7, 11) is -1.66. The Bertz CT molecular complexity index is 721. The van der Waals surface area contributed by atoms with Gasteiger partial charge in [-0.25, -0.2) is 0 Å². The molecule has 138 valence electrons. The van der Waals surface area contributed by atoms with Crippen LogP contribution in [0.3, 0.4) is 0 Å². The summed E-state index contributed by atoms with van der Waals surface area (Å²) in [5, 5.41) is 0.253. The predicted molar refractivity (Wildman–Crippen MR) is 116 cm³/mol. The second-order valence-electron chi connectivity index (χ2n) is 8.41. The van der Waals surface area contributed by atoms with E-state index in [1.54, 1.807) is 0 Å². The van der Waals surface area contributed by atoms with Crippen molar-refractivity contribution in [1.29, 1.82) is 0 Å².